The van der Waals surface area contributed by atoms with Gasteiger partial charge >= 0.3 is 5.97 Å². The number of carbonyl (C=O) groups is 1. The van der Waals surface area contributed by atoms with Crippen LogP contribution >= 0.6 is 0 Å². The summed E-state index contributed by atoms with van der Waals surface area (Å²) in [5, 5.41) is 10.8. The molecule has 0 spiro atoms. The van der Waals surface area contributed by atoms with Gasteiger partial charge in [0.2, 0.25) is 0 Å². The summed E-state index contributed by atoms with van der Waals surface area (Å²) >= 11 is 0. The van der Waals surface area contributed by atoms with Crippen LogP contribution in [0.5, 0.6) is 0 Å². The number of carbonyl (C=O) groups excluding carboxylic acids is 1. The molecule has 0 radical (unpaired) electrons. The first-order chi connectivity index (χ1) is 12.2. The molecule has 1 atom stereocenters. The highest BCUT2D eigenvalue weighted by molar-refractivity contribution is 7.91. The van der Waals surface area contributed by atoms with Crippen LogP contribution < -0.4 is 0 Å². The number of ether oxygens (including phenoxy) is 1. The Hall–Kier alpha value is -2.81. The van der Waals surface area contributed by atoms with E-state index in [0.29, 0.717) is 5.56 Å². The summed E-state index contributed by atoms with van der Waals surface area (Å²) < 4.78 is 42.2. The molecule has 2 rings (SSSR count). The van der Waals surface area contributed by atoms with E-state index in [-0.39, 0.29) is 17.0 Å². The first-order valence-electron chi connectivity index (χ1n) is 7.61. The fourth-order valence-corrected chi connectivity index (χ4v) is 3.41. The van der Waals surface area contributed by atoms with Crippen LogP contribution in [0, 0.1) is 15.9 Å². The molecule has 0 saturated carbocycles. The predicted octanol–water partition coefficient (Wildman–Crippen LogP) is 3.20. The van der Waals surface area contributed by atoms with Crippen molar-refractivity contribution in [1.82, 2.24) is 0 Å². The van der Waals surface area contributed by atoms with Gasteiger partial charge in [-0.25, -0.2) is 12.8 Å². The zero-order valence-corrected chi connectivity index (χ0v) is 14.6. The highest BCUT2D eigenvalue weighted by Gasteiger charge is 2.19. The molecule has 0 aliphatic heterocycles. The van der Waals surface area contributed by atoms with Gasteiger partial charge in [0.05, 0.1) is 22.0 Å². The van der Waals surface area contributed by atoms with Gasteiger partial charge in [0.25, 0.3) is 5.69 Å². The summed E-state index contributed by atoms with van der Waals surface area (Å²) in [5.74, 6) is -1.80. The standard InChI is InChI=1S/C17H16FNO6S/c1-12(13-3-2-4-15(11-13)19(21)22)25-17(20)9-10-26(23,24)16-7-5-14(18)6-8-16/h2-8,11-12H,9-10H2,1H3/t12-/m1/s1. The molecule has 0 N–H and O–H groups in total. The third kappa shape index (κ3) is 5.09. The van der Waals surface area contributed by atoms with Gasteiger partial charge in [-0.05, 0) is 36.8 Å². The number of hydrogen-bond donors (Lipinski definition) is 0. The molecular weight excluding hydrogens is 365 g/mol. The Morgan fingerprint density at radius 1 is 1.23 bits per heavy atom. The average molecular weight is 381 g/mol. The van der Waals surface area contributed by atoms with E-state index < -0.39 is 38.4 Å². The number of hydrogen-bond acceptors (Lipinski definition) is 6. The van der Waals surface area contributed by atoms with Crippen molar-refractivity contribution >= 4 is 21.5 Å². The molecule has 0 unspecified atom stereocenters. The van der Waals surface area contributed by atoms with Gasteiger partial charge in [0.1, 0.15) is 11.9 Å². The topological polar surface area (TPSA) is 104 Å². The molecule has 138 valence electrons. The first-order valence-corrected chi connectivity index (χ1v) is 9.26. The minimum Gasteiger partial charge on any atom is -0.458 e. The van der Waals surface area contributed by atoms with Gasteiger partial charge in [-0.15, -0.1) is 0 Å². The maximum absolute atomic E-state index is 12.9. The van der Waals surface area contributed by atoms with Gasteiger partial charge < -0.3 is 4.74 Å². The second-order valence-electron chi connectivity index (χ2n) is 5.51. The number of nitro groups is 1. The smallest absolute Gasteiger partial charge is 0.307 e. The van der Waals surface area contributed by atoms with Crippen molar-refractivity contribution in [2.75, 3.05) is 5.75 Å². The van der Waals surface area contributed by atoms with E-state index in [4.69, 9.17) is 4.74 Å². The lowest BCUT2D eigenvalue weighted by Gasteiger charge is -2.13. The molecule has 7 nitrogen and oxygen atoms in total. The van der Waals surface area contributed by atoms with Crippen molar-refractivity contribution in [3.05, 3.63) is 70.0 Å². The highest BCUT2D eigenvalue weighted by atomic mass is 32.2. The zero-order valence-electron chi connectivity index (χ0n) is 13.8. The number of esters is 1. The molecule has 0 amide bonds. The summed E-state index contributed by atoms with van der Waals surface area (Å²) in [4.78, 5) is 22.0. The summed E-state index contributed by atoms with van der Waals surface area (Å²) in [6.07, 6.45) is -1.16. The van der Waals surface area contributed by atoms with E-state index in [1.165, 1.54) is 25.1 Å². The van der Waals surface area contributed by atoms with E-state index in [1.54, 1.807) is 6.07 Å². The average Bonchev–Trinajstić information content (AvgIpc) is 2.60. The highest BCUT2D eigenvalue weighted by Crippen LogP contribution is 2.22. The maximum Gasteiger partial charge on any atom is 0.307 e. The van der Waals surface area contributed by atoms with Gasteiger partial charge in [0.15, 0.2) is 9.84 Å². The molecule has 26 heavy (non-hydrogen) atoms. The van der Waals surface area contributed by atoms with Crippen LogP contribution in [0.15, 0.2) is 53.4 Å². The van der Waals surface area contributed by atoms with Crippen molar-refractivity contribution in [3.8, 4) is 0 Å². The number of halogens is 1. The minimum atomic E-state index is -3.75. The molecule has 0 heterocycles. The Bertz CT molecular complexity index is 911. The second kappa shape index (κ2) is 8.05. The van der Waals surface area contributed by atoms with Crippen molar-refractivity contribution in [2.45, 2.75) is 24.3 Å². The minimum absolute atomic E-state index is 0.0848. The lowest BCUT2D eigenvalue weighted by atomic mass is 10.1. The zero-order chi connectivity index (χ0) is 19.3. The van der Waals surface area contributed by atoms with E-state index in [0.717, 1.165) is 24.3 Å². The van der Waals surface area contributed by atoms with Gasteiger partial charge in [0, 0.05) is 12.1 Å². The van der Waals surface area contributed by atoms with Gasteiger partial charge in [-0.3, -0.25) is 14.9 Å². The van der Waals surface area contributed by atoms with Crippen LogP contribution in [0.2, 0.25) is 0 Å². The Labute approximate surface area is 149 Å². The molecule has 0 aliphatic carbocycles. The normalized spacial score (nSPS) is 12.4. The van der Waals surface area contributed by atoms with Gasteiger partial charge in [-0.2, -0.15) is 0 Å². The summed E-state index contributed by atoms with van der Waals surface area (Å²) in [7, 11) is -3.75. The number of nitrogens with zero attached hydrogens (tertiary/aromatic N) is 1. The third-order valence-electron chi connectivity index (χ3n) is 3.61. The van der Waals surface area contributed by atoms with Crippen molar-refractivity contribution in [2.24, 2.45) is 0 Å². The van der Waals surface area contributed by atoms with E-state index >= 15 is 0 Å². The van der Waals surface area contributed by atoms with Crippen LogP contribution in [0.1, 0.15) is 25.0 Å². The fraction of sp³-hybridized carbons (Fsp3) is 0.235. The van der Waals surface area contributed by atoms with E-state index in [9.17, 15) is 27.7 Å². The molecule has 2 aromatic carbocycles. The number of benzene rings is 2. The molecule has 0 saturated heterocycles. The van der Waals surface area contributed by atoms with E-state index in [2.05, 4.69) is 0 Å². The number of non-ortho nitro benzene ring substituents is 1. The van der Waals surface area contributed by atoms with Gasteiger partial charge in [-0.1, -0.05) is 12.1 Å². The van der Waals surface area contributed by atoms with Crippen LogP contribution in [-0.2, 0) is 19.4 Å². The Kier molecular flexibility index (Phi) is 6.04. The predicted molar refractivity (Wildman–Crippen MR) is 90.7 cm³/mol. The molecule has 9 heteroatoms. The number of rotatable bonds is 7. The quantitative estimate of drug-likeness (QED) is 0.316. The first kappa shape index (κ1) is 19.5. The maximum atomic E-state index is 12.9. The van der Waals surface area contributed by atoms with Crippen molar-refractivity contribution in [3.63, 3.8) is 0 Å². The molecular formula is C17H16FNO6S. The molecule has 0 aromatic heterocycles. The number of sulfone groups is 1. The monoisotopic (exact) mass is 381 g/mol. The Balaban J connectivity index is 1.97. The second-order valence-corrected chi connectivity index (χ2v) is 7.62. The third-order valence-corrected chi connectivity index (χ3v) is 5.34. The lowest BCUT2D eigenvalue weighted by Crippen LogP contribution is -2.15. The van der Waals surface area contributed by atoms with Crippen molar-refractivity contribution in [1.29, 1.82) is 0 Å². The Morgan fingerprint density at radius 2 is 1.88 bits per heavy atom. The lowest BCUT2D eigenvalue weighted by molar-refractivity contribution is -0.385. The SMILES string of the molecule is C[C@@H](OC(=O)CCS(=O)(=O)c1ccc(F)cc1)c1cccc([N+](=O)[O-])c1. The van der Waals surface area contributed by atoms with E-state index in [1.807, 2.05) is 0 Å². The largest absolute Gasteiger partial charge is 0.458 e. The van der Waals surface area contributed by atoms with Crippen LogP contribution in [0.3, 0.4) is 0 Å². The fourth-order valence-electron chi connectivity index (χ4n) is 2.19. The molecule has 2 aromatic rings. The summed E-state index contributed by atoms with van der Waals surface area (Å²) in [6.45, 7) is 1.53. The molecule has 0 fully saturated rings. The van der Waals surface area contributed by atoms with Crippen molar-refractivity contribution < 1.29 is 27.3 Å². The molecule has 0 bridgehead atoms. The summed E-state index contributed by atoms with van der Waals surface area (Å²) in [5.41, 5.74) is 0.290. The number of nitro benzene ring substituents is 1. The Morgan fingerprint density at radius 3 is 2.50 bits per heavy atom. The van der Waals surface area contributed by atoms with Crippen LogP contribution in [-0.4, -0.2) is 25.1 Å². The summed E-state index contributed by atoms with van der Waals surface area (Å²) in [6, 6.07) is 9.94. The van der Waals surface area contributed by atoms with Crippen LogP contribution in [0.25, 0.3) is 0 Å². The van der Waals surface area contributed by atoms with Crippen LogP contribution in [0.4, 0.5) is 10.1 Å². The molecule has 0 aliphatic rings.